The van der Waals surface area contributed by atoms with E-state index in [9.17, 15) is 9.59 Å². The monoisotopic (exact) mass is 268 g/mol. The summed E-state index contributed by atoms with van der Waals surface area (Å²) < 4.78 is 6.81. The van der Waals surface area contributed by atoms with Gasteiger partial charge >= 0.3 is 5.69 Å². The SMILES string of the molecule is CCC1OCCC1CNc1c(N)n(C)c(=O)[nH]c1=O. The highest BCUT2D eigenvalue weighted by molar-refractivity contribution is 5.60. The molecule has 7 nitrogen and oxygen atoms in total. The summed E-state index contributed by atoms with van der Waals surface area (Å²) in [6.07, 6.45) is 2.14. The van der Waals surface area contributed by atoms with Crippen LogP contribution in [-0.4, -0.2) is 28.8 Å². The average molecular weight is 268 g/mol. The second kappa shape index (κ2) is 5.48. The van der Waals surface area contributed by atoms with Crippen molar-refractivity contribution in [3.8, 4) is 0 Å². The van der Waals surface area contributed by atoms with Crippen molar-refractivity contribution in [2.45, 2.75) is 25.9 Å². The molecule has 1 fully saturated rings. The zero-order valence-electron chi connectivity index (χ0n) is 11.2. The van der Waals surface area contributed by atoms with Gasteiger partial charge in [0.1, 0.15) is 11.5 Å². The van der Waals surface area contributed by atoms with Crippen LogP contribution in [0.2, 0.25) is 0 Å². The highest BCUT2D eigenvalue weighted by Crippen LogP contribution is 2.23. The Balaban J connectivity index is 2.14. The highest BCUT2D eigenvalue weighted by atomic mass is 16.5. The molecule has 1 aliphatic heterocycles. The molecule has 0 saturated carbocycles. The van der Waals surface area contributed by atoms with Gasteiger partial charge in [0.15, 0.2) is 0 Å². The van der Waals surface area contributed by atoms with Crippen LogP contribution in [-0.2, 0) is 11.8 Å². The van der Waals surface area contributed by atoms with E-state index in [2.05, 4.69) is 17.2 Å². The summed E-state index contributed by atoms with van der Waals surface area (Å²) in [4.78, 5) is 25.3. The lowest BCUT2D eigenvalue weighted by atomic mass is 10.00. The van der Waals surface area contributed by atoms with Crippen molar-refractivity contribution in [1.82, 2.24) is 9.55 Å². The fourth-order valence-electron chi connectivity index (χ4n) is 2.42. The number of aromatic amines is 1. The lowest BCUT2D eigenvalue weighted by Crippen LogP contribution is -2.34. The van der Waals surface area contributed by atoms with Gasteiger partial charge in [-0.05, 0) is 12.8 Å². The van der Waals surface area contributed by atoms with Gasteiger partial charge in [-0.1, -0.05) is 6.92 Å². The normalized spacial score (nSPS) is 22.6. The Hall–Kier alpha value is -1.76. The third kappa shape index (κ3) is 2.65. The van der Waals surface area contributed by atoms with E-state index in [0.717, 1.165) is 19.4 Å². The van der Waals surface area contributed by atoms with Gasteiger partial charge in [0, 0.05) is 26.1 Å². The van der Waals surface area contributed by atoms with Crippen LogP contribution in [0.4, 0.5) is 11.5 Å². The average Bonchev–Trinajstić information content (AvgIpc) is 2.83. The third-order valence-electron chi connectivity index (χ3n) is 3.66. The fourth-order valence-corrected chi connectivity index (χ4v) is 2.42. The van der Waals surface area contributed by atoms with Crippen LogP contribution in [0.1, 0.15) is 19.8 Å². The number of ether oxygens (including phenoxy) is 1. The Morgan fingerprint density at radius 2 is 2.26 bits per heavy atom. The van der Waals surface area contributed by atoms with Crippen molar-refractivity contribution < 1.29 is 4.74 Å². The van der Waals surface area contributed by atoms with Gasteiger partial charge in [0.25, 0.3) is 5.56 Å². The standard InChI is InChI=1S/C12H20N4O3/c1-3-8-7(4-5-19-8)6-14-9-10(13)16(2)12(18)15-11(9)17/h7-8,14H,3-6,13H2,1-2H3,(H,15,17,18). The number of nitrogens with two attached hydrogens (primary N) is 1. The molecule has 0 aliphatic carbocycles. The smallest absolute Gasteiger partial charge is 0.329 e. The number of aromatic nitrogens is 2. The van der Waals surface area contributed by atoms with E-state index in [1.54, 1.807) is 0 Å². The number of nitrogens with one attached hydrogen (secondary N) is 2. The maximum atomic E-state index is 11.7. The van der Waals surface area contributed by atoms with Crippen LogP contribution >= 0.6 is 0 Å². The van der Waals surface area contributed by atoms with E-state index in [1.807, 2.05) is 0 Å². The first-order valence-electron chi connectivity index (χ1n) is 6.48. The number of H-pyrrole nitrogens is 1. The molecule has 1 aromatic rings. The van der Waals surface area contributed by atoms with Gasteiger partial charge < -0.3 is 15.8 Å². The van der Waals surface area contributed by atoms with Crippen molar-refractivity contribution in [1.29, 1.82) is 0 Å². The molecule has 1 aromatic heterocycles. The minimum absolute atomic E-state index is 0.153. The van der Waals surface area contributed by atoms with E-state index >= 15 is 0 Å². The molecule has 1 saturated heterocycles. The molecule has 0 spiro atoms. The molecule has 2 rings (SSSR count). The van der Waals surface area contributed by atoms with Gasteiger partial charge in [0.05, 0.1) is 6.10 Å². The molecular formula is C12H20N4O3. The van der Waals surface area contributed by atoms with Crippen LogP contribution in [0.3, 0.4) is 0 Å². The number of hydrogen-bond acceptors (Lipinski definition) is 5. The molecule has 106 valence electrons. The zero-order valence-corrected chi connectivity index (χ0v) is 11.2. The Morgan fingerprint density at radius 3 is 2.95 bits per heavy atom. The van der Waals surface area contributed by atoms with Crippen LogP contribution in [0, 0.1) is 5.92 Å². The van der Waals surface area contributed by atoms with Crippen molar-refractivity contribution in [3.05, 3.63) is 20.8 Å². The second-order valence-electron chi connectivity index (χ2n) is 4.83. The Morgan fingerprint density at radius 1 is 1.53 bits per heavy atom. The van der Waals surface area contributed by atoms with Crippen LogP contribution < -0.4 is 22.3 Å². The van der Waals surface area contributed by atoms with E-state index < -0.39 is 11.2 Å². The number of anilines is 2. The molecule has 0 radical (unpaired) electrons. The number of hydrogen-bond donors (Lipinski definition) is 3. The van der Waals surface area contributed by atoms with Crippen LogP contribution in [0.25, 0.3) is 0 Å². The molecule has 7 heteroatoms. The second-order valence-corrected chi connectivity index (χ2v) is 4.83. The summed E-state index contributed by atoms with van der Waals surface area (Å²) >= 11 is 0. The van der Waals surface area contributed by atoms with Crippen LogP contribution in [0.5, 0.6) is 0 Å². The van der Waals surface area contributed by atoms with Crippen molar-refractivity contribution in [3.63, 3.8) is 0 Å². The van der Waals surface area contributed by atoms with Crippen LogP contribution in [0.15, 0.2) is 9.59 Å². The maximum Gasteiger partial charge on any atom is 0.329 e. The highest BCUT2D eigenvalue weighted by Gasteiger charge is 2.26. The van der Waals surface area contributed by atoms with Gasteiger partial charge in [-0.3, -0.25) is 14.3 Å². The Kier molecular flexibility index (Phi) is 3.94. The van der Waals surface area contributed by atoms with E-state index in [0.29, 0.717) is 12.5 Å². The molecule has 2 atom stereocenters. The minimum atomic E-state index is -0.510. The van der Waals surface area contributed by atoms with Gasteiger partial charge in [-0.15, -0.1) is 0 Å². The largest absolute Gasteiger partial charge is 0.383 e. The maximum absolute atomic E-state index is 11.7. The van der Waals surface area contributed by atoms with Gasteiger partial charge in [-0.25, -0.2) is 4.79 Å². The predicted molar refractivity (Wildman–Crippen MR) is 73.3 cm³/mol. The van der Waals surface area contributed by atoms with Crippen molar-refractivity contribution >= 4 is 11.5 Å². The van der Waals surface area contributed by atoms with Gasteiger partial charge in [0.2, 0.25) is 0 Å². The molecule has 1 aliphatic rings. The first kappa shape index (κ1) is 13.7. The number of nitrogens with zero attached hydrogens (tertiary/aromatic N) is 1. The molecule has 2 unspecified atom stereocenters. The molecule has 0 bridgehead atoms. The van der Waals surface area contributed by atoms with E-state index in [1.165, 1.54) is 11.6 Å². The zero-order chi connectivity index (χ0) is 14.0. The lowest BCUT2D eigenvalue weighted by molar-refractivity contribution is 0.0900. The quantitative estimate of drug-likeness (QED) is 0.706. The molecule has 2 heterocycles. The lowest BCUT2D eigenvalue weighted by Gasteiger charge is -2.18. The summed E-state index contributed by atoms with van der Waals surface area (Å²) in [7, 11) is 1.52. The van der Waals surface area contributed by atoms with E-state index in [-0.39, 0.29) is 17.6 Å². The van der Waals surface area contributed by atoms with Gasteiger partial charge in [-0.2, -0.15) is 0 Å². The molecule has 0 amide bonds. The predicted octanol–water partition coefficient (Wildman–Crippen LogP) is -0.117. The number of rotatable bonds is 4. The first-order chi connectivity index (χ1) is 9.04. The summed E-state index contributed by atoms with van der Waals surface area (Å²) in [6, 6.07) is 0. The van der Waals surface area contributed by atoms with Crippen molar-refractivity contribution in [2.24, 2.45) is 13.0 Å². The summed E-state index contributed by atoms with van der Waals surface area (Å²) in [5.41, 5.74) is 5.05. The molecule has 4 N–H and O–H groups in total. The fraction of sp³-hybridized carbons (Fsp3) is 0.667. The first-order valence-corrected chi connectivity index (χ1v) is 6.48. The summed E-state index contributed by atoms with van der Waals surface area (Å²) in [5.74, 6) is 0.516. The topological polar surface area (TPSA) is 102 Å². The minimum Gasteiger partial charge on any atom is -0.383 e. The number of nitrogen functional groups attached to an aromatic ring is 1. The third-order valence-corrected chi connectivity index (χ3v) is 3.66. The molecule has 19 heavy (non-hydrogen) atoms. The molecular weight excluding hydrogens is 248 g/mol. The summed E-state index contributed by atoms with van der Waals surface area (Å²) in [6.45, 7) is 3.45. The summed E-state index contributed by atoms with van der Waals surface area (Å²) in [5, 5.41) is 3.05. The Labute approximate surface area is 110 Å². The van der Waals surface area contributed by atoms with E-state index in [4.69, 9.17) is 10.5 Å². The van der Waals surface area contributed by atoms with Crippen molar-refractivity contribution in [2.75, 3.05) is 24.2 Å². The Bertz CT molecular complexity index is 563. The molecule has 0 aromatic carbocycles.